The van der Waals surface area contributed by atoms with E-state index >= 15 is 0 Å². The summed E-state index contributed by atoms with van der Waals surface area (Å²) in [4.78, 5) is 59.7. The molecule has 52 heavy (non-hydrogen) atoms. The molecular weight excluding hydrogens is 670 g/mol. The van der Waals surface area contributed by atoms with E-state index in [-0.39, 0.29) is 103 Å². The molecule has 0 aliphatic carbocycles. The average Bonchev–Trinajstić information content (AvgIpc) is 2.95. The van der Waals surface area contributed by atoms with E-state index in [2.05, 4.69) is 6.92 Å². The number of nitrogens with zero attached hydrogens (tertiary/aromatic N) is 1. The molecule has 12 nitrogen and oxygen atoms in total. The van der Waals surface area contributed by atoms with Crippen molar-refractivity contribution in [2.45, 2.75) is 176 Å². The first kappa shape index (κ1) is 66.4. The first-order chi connectivity index (χ1) is 21.0. The van der Waals surface area contributed by atoms with Crippen LogP contribution in [0.4, 0.5) is 5.69 Å². The molecule has 0 fully saturated rings. The number of rotatable bonds is 23. The summed E-state index contributed by atoms with van der Waals surface area (Å²) in [6, 6.07) is 5.50. The van der Waals surface area contributed by atoms with Gasteiger partial charge in [-0.2, -0.15) is 0 Å². The second-order valence-corrected chi connectivity index (χ2v) is 10.6. The number of ether oxygens (including phenoxy) is 5. The van der Waals surface area contributed by atoms with Crippen molar-refractivity contribution in [1.29, 1.82) is 0 Å². The summed E-state index contributed by atoms with van der Waals surface area (Å²) in [7, 11) is 1.41. The molecule has 12 heteroatoms. The fourth-order valence-electron chi connectivity index (χ4n) is 4.11. The molecule has 1 aromatic carbocycles. The van der Waals surface area contributed by atoms with Crippen LogP contribution in [0.5, 0.6) is 5.75 Å². The van der Waals surface area contributed by atoms with Crippen molar-refractivity contribution in [3.8, 4) is 5.75 Å². The Labute approximate surface area is 318 Å². The number of hydrogen-bond acceptors (Lipinski definition) is 11. The highest BCUT2D eigenvalue weighted by Gasteiger charge is 2.25. The molecule has 0 spiro atoms. The quantitative estimate of drug-likeness (QED) is 0.0344. The van der Waals surface area contributed by atoms with Crippen molar-refractivity contribution < 1.29 is 47.8 Å². The van der Waals surface area contributed by atoms with Gasteiger partial charge in [0.2, 0.25) is 0 Å². The Kier molecular flexibility index (Phi) is 49.1. The lowest BCUT2D eigenvalue weighted by atomic mass is 10.1. The summed E-state index contributed by atoms with van der Waals surface area (Å²) in [6.45, 7) is 7.04. The van der Waals surface area contributed by atoms with Crippen LogP contribution in [0.25, 0.3) is 0 Å². The van der Waals surface area contributed by atoms with Gasteiger partial charge in [0.1, 0.15) is 42.6 Å². The van der Waals surface area contributed by atoms with Gasteiger partial charge >= 0.3 is 17.9 Å². The van der Waals surface area contributed by atoms with Crippen LogP contribution < -0.4 is 4.74 Å². The molecule has 1 aromatic rings. The Morgan fingerprint density at radius 1 is 0.731 bits per heavy atom. The number of unbranched alkanes of at least 4 members (excludes halogenated alkanes) is 2. The van der Waals surface area contributed by atoms with E-state index in [1.54, 1.807) is 6.92 Å². The lowest BCUT2D eigenvalue weighted by molar-refractivity contribution is -0.384. The number of ketones is 1. The molecule has 0 saturated heterocycles. The Morgan fingerprint density at radius 3 is 1.75 bits per heavy atom. The van der Waals surface area contributed by atoms with Crippen molar-refractivity contribution in [3.05, 3.63) is 46.5 Å². The number of non-ortho nitro benzene ring substituents is 1. The van der Waals surface area contributed by atoms with Crippen LogP contribution in [-0.4, -0.2) is 66.7 Å². The fourth-order valence-corrected chi connectivity index (χ4v) is 4.11. The minimum Gasteiger partial charge on any atom is -0.491 e. The van der Waals surface area contributed by atoms with E-state index in [4.69, 9.17) is 23.7 Å². The van der Waals surface area contributed by atoms with Gasteiger partial charge in [-0.1, -0.05) is 105 Å². The van der Waals surface area contributed by atoms with Gasteiger partial charge in [-0.3, -0.25) is 29.3 Å². The molecular formula is C40H79NO11. The van der Waals surface area contributed by atoms with Gasteiger partial charge in [0.15, 0.2) is 0 Å². The number of carbonyl (C=O) groups is 4. The number of allylic oxidation sites excluding steroid dienone is 1. The minimum absolute atomic E-state index is 0. The summed E-state index contributed by atoms with van der Waals surface area (Å²) in [6.07, 6.45) is 5.11. The zero-order valence-electron chi connectivity index (χ0n) is 26.5. The van der Waals surface area contributed by atoms with E-state index in [1.807, 2.05) is 19.1 Å². The SMILES string of the molecule is C.C.C.C.C.C.C.C.CCC/C=C/CC(CC(C)=O)OC(=O)CC(CCCC)OC(=O)CC(C)OC(=O)CC(COc1ccc([N+](=O)[O-])cc1)OC. The third-order valence-electron chi connectivity index (χ3n) is 6.40. The van der Waals surface area contributed by atoms with Crippen LogP contribution in [0.3, 0.4) is 0 Å². The fraction of sp³-hybridized carbons (Fsp3) is 0.700. The van der Waals surface area contributed by atoms with Gasteiger partial charge in [-0.05, 0) is 38.8 Å². The molecule has 0 radical (unpaired) electrons. The maximum absolute atomic E-state index is 12.7. The molecule has 0 saturated carbocycles. The number of carbonyl (C=O) groups excluding carboxylic acids is 4. The maximum Gasteiger partial charge on any atom is 0.309 e. The molecule has 0 aromatic heterocycles. The van der Waals surface area contributed by atoms with Crippen LogP contribution in [-0.2, 0) is 38.1 Å². The predicted molar refractivity (Wildman–Crippen MR) is 216 cm³/mol. The third kappa shape index (κ3) is 31.0. The number of esters is 3. The lowest BCUT2D eigenvalue weighted by Crippen LogP contribution is -2.29. The third-order valence-corrected chi connectivity index (χ3v) is 6.40. The number of nitro groups is 1. The molecule has 310 valence electrons. The van der Waals surface area contributed by atoms with Crippen LogP contribution in [0.1, 0.15) is 151 Å². The Balaban J connectivity index is -0.000000403. The summed E-state index contributed by atoms with van der Waals surface area (Å²) in [5.41, 5.74) is -0.0718. The van der Waals surface area contributed by atoms with Crippen molar-refractivity contribution in [2.24, 2.45) is 0 Å². The predicted octanol–water partition coefficient (Wildman–Crippen LogP) is 10.9. The molecule has 0 aliphatic heterocycles. The van der Waals surface area contributed by atoms with Crippen LogP contribution in [0.15, 0.2) is 36.4 Å². The van der Waals surface area contributed by atoms with Crippen molar-refractivity contribution in [1.82, 2.24) is 0 Å². The second-order valence-electron chi connectivity index (χ2n) is 10.6. The van der Waals surface area contributed by atoms with Gasteiger partial charge in [0, 0.05) is 32.1 Å². The van der Waals surface area contributed by atoms with Gasteiger partial charge < -0.3 is 23.7 Å². The normalized spacial score (nSPS) is 11.7. The molecule has 1 rings (SSSR count). The summed E-state index contributed by atoms with van der Waals surface area (Å²) in [5.74, 6) is -1.48. The zero-order chi connectivity index (χ0) is 32.9. The highest BCUT2D eigenvalue weighted by Crippen LogP contribution is 2.19. The number of benzene rings is 1. The summed E-state index contributed by atoms with van der Waals surface area (Å²) < 4.78 is 27.3. The summed E-state index contributed by atoms with van der Waals surface area (Å²) in [5, 5.41) is 10.8. The highest BCUT2D eigenvalue weighted by atomic mass is 16.6. The van der Waals surface area contributed by atoms with Gasteiger partial charge in [0.25, 0.3) is 5.69 Å². The Hall–Kier alpha value is -3.80. The Morgan fingerprint density at radius 2 is 1.25 bits per heavy atom. The molecule has 0 N–H and O–H groups in total. The molecule has 0 heterocycles. The van der Waals surface area contributed by atoms with Crippen LogP contribution >= 0.6 is 0 Å². The van der Waals surface area contributed by atoms with Gasteiger partial charge in [-0.25, -0.2) is 0 Å². The molecule has 0 bridgehead atoms. The average molecular weight is 750 g/mol. The van der Waals surface area contributed by atoms with Gasteiger partial charge in [-0.15, -0.1) is 0 Å². The summed E-state index contributed by atoms with van der Waals surface area (Å²) >= 11 is 0. The Bertz CT molecular complexity index is 1070. The van der Waals surface area contributed by atoms with E-state index in [0.29, 0.717) is 18.6 Å². The monoisotopic (exact) mass is 750 g/mol. The lowest BCUT2D eigenvalue weighted by Gasteiger charge is -2.21. The van der Waals surface area contributed by atoms with Crippen LogP contribution in [0, 0.1) is 10.1 Å². The molecule has 4 atom stereocenters. The second kappa shape index (κ2) is 38.4. The zero-order valence-corrected chi connectivity index (χ0v) is 26.5. The van der Waals surface area contributed by atoms with Crippen molar-refractivity contribution in [3.63, 3.8) is 0 Å². The smallest absolute Gasteiger partial charge is 0.309 e. The highest BCUT2D eigenvalue weighted by molar-refractivity contribution is 5.77. The number of nitro benzene ring substituents is 1. The van der Waals surface area contributed by atoms with E-state index in [9.17, 15) is 29.3 Å². The molecule has 0 amide bonds. The van der Waals surface area contributed by atoms with E-state index in [1.165, 1.54) is 38.3 Å². The first-order valence-electron chi connectivity index (χ1n) is 15.1. The molecule has 4 unspecified atom stereocenters. The van der Waals surface area contributed by atoms with E-state index in [0.717, 1.165) is 25.7 Å². The standard InChI is InChI=1S/C32H47NO11.8CH4/c1-6-8-10-11-13-27(18-23(3)34)43-32(37)20-28(12-9-7-2)44-30(35)19-24(4)42-31(36)21-29(40-5)22-41-26-16-14-25(15-17-26)33(38)39;;;;;;;;/h10-11,14-17,24,27-29H,6-9,12-13,18-22H2,1-5H3;8*1H4/b11-10+;;;;;;;;. The van der Waals surface area contributed by atoms with Crippen molar-refractivity contribution >= 4 is 29.4 Å². The largest absolute Gasteiger partial charge is 0.491 e. The maximum atomic E-state index is 12.7. The number of Topliss-reactive ketones (excluding diaryl/α,β-unsaturated/α-hetero) is 1. The minimum atomic E-state index is -0.795. The van der Waals surface area contributed by atoms with Crippen molar-refractivity contribution in [2.75, 3.05) is 13.7 Å². The van der Waals surface area contributed by atoms with Crippen LogP contribution in [0.2, 0.25) is 0 Å². The van der Waals surface area contributed by atoms with E-state index < -0.39 is 47.2 Å². The number of hydrogen-bond donors (Lipinski definition) is 0. The topological polar surface area (TPSA) is 158 Å². The van der Waals surface area contributed by atoms with Gasteiger partial charge in [0.05, 0.1) is 24.2 Å². The molecule has 0 aliphatic rings. The first-order valence-corrected chi connectivity index (χ1v) is 15.1. The number of methoxy groups -OCH3 is 1.